The highest BCUT2D eigenvalue weighted by Crippen LogP contribution is 2.17. The maximum absolute atomic E-state index is 12.5. The molecule has 0 heterocycles. The van der Waals surface area contributed by atoms with Crippen LogP contribution in [0.3, 0.4) is 0 Å². The van der Waals surface area contributed by atoms with Gasteiger partial charge in [0, 0.05) is 4.47 Å². The SMILES string of the molecule is CC(C)c1ccc(Br)cc1.CC(C)c1cccc(F)c1. The molecule has 0 aromatic heterocycles. The van der Waals surface area contributed by atoms with Gasteiger partial charge < -0.3 is 0 Å². The number of benzene rings is 2. The summed E-state index contributed by atoms with van der Waals surface area (Å²) < 4.78 is 13.7. The maximum Gasteiger partial charge on any atom is 0.123 e. The molecule has 0 fully saturated rings. The van der Waals surface area contributed by atoms with E-state index in [4.69, 9.17) is 0 Å². The molecule has 0 saturated carbocycles. The molecule has 0 nitrogen and oxygen atoms in total. The lowest BCUT2D eigenvalue weighted by Gasteiger charge is -2.03. The number of hydrogen-bond acceptors (Lipinski definition) is 0. The Balaban J connectivity index is 0.000000200. The molecule has 0 radical (unpaired) electrons. The van der Waals surface area contributed by atoms with Gasteiger partial charge >= 0.3 is 0 Å². The normalized spacial score (nSPS) is 10.4. The van der Waals surface area contributed by atoms with Gasteiger partial charge in [0.1, 0.15) is 5.82 Å². The zero-order valence-corrected chi connectivity index (χ0v) is 14.1. The standard InChI is InChI=1S/C9H11Br.C9H11F/c1-7(2)8-3-5-9(10)6-4-8;1-7(2)8-4-3-5-9(10)6-8/h2*3-7H,1-2H3. The number of halogens is 2. The van der Waals surface area contributed by atoms with Crippen molar-refractivity contribution in [2.24, 2.45) is 0 Å². The van der Waals surface area contributed by atoms with Crippen molar-refractivity contribution in [1.29, 1.82) is 0 Å². The quantitative estimate of drug-likeness (QED) is 0.585. The Morgan fingerprint density at radius 2 is 1.35 bits per heavy atom. The highest BCUT2D eigenvalue weighted by atomic mass is 79.9. The predicted octanol–water partition coefficient (Wildman–Crippen LogP) is 6.52. The lowest BCUT2D eigenvalue weighted by atomic mass is 10.0. The predicted molar refractivity (Wildman–Crippen MR) is 88.7 cm³/mol. The average molecular weight is 337 g/mol. The van der Waals surface area contributed by atoms with Crippen molar-refractivity contribution in [3.05, 3.63) is 69.9 Å². The Bertz CT molecular complexity index is 515. The van der Waals surface area contributed by atoms with Gasteiger partial charge in [0.05, 0.1) is 0 Å². The van der Waals surface area contributed by atoms with E-state index in [0.717, 1.165) is 10.0 Å². The third-order valence-corrected chi connectivity index (χ3v) is 3.58. The van der Waals surface area contributed by atoms with Crippen molar-refractivity contribution < 1.29 is 4.39 Å². The minimum absolute atomic E-state index is 0.147. The highest BCUT2D eigenvalue weighted by molar-refractivity contribution is 9.10. The van der Waals surface area contributed by atoms with E-state index in [-0.39, 0.29) is 5.82 Å². The van der Waals surface area contributed by atoms with Gasteiger partial charge in [0.15, 0.2) is 0 Å². The summed E-state index contributed by atoms with van der Waals surface area (Å²) in [7, 11) is 0. The third kappa shape index (κ3) is 5.87. The molecule has 2 aromatic carbocycles. The molecule has 0 amide bonds. The molecular formula is C18H22BrF. The minimum Gasteiger partial charge on any atom is -0.207 e. The fourth-order valence-electron chi connectivity index (χ4n) is 1.71. The van der Waals surface area contributed by atoms with Gasteiger partial charge in [-0.15, -0.1) is 0 Å². The van der Waals surface area contributed by atoms with E-state index in [2.05, 4.69) is 67.9 Å². The van der Waals surface area contributed by atoms with Crippen molar-refractivity contribution in [3.8, 4) is 0 Å². The molecule has 2 aromatic rings. The summed E-state index contributed by atoms with van der Waals surface area (Å²) in [6.07, 6.45) is 0. The Morgan fingerprint density at radius 3 is 1.75 bits per heavy atom. The van der Waals surface area contributed by atoms with Crippen molar-refractivity contribution in [2.45, 2.75) is 39.5 Å². The summed E-state index contributed by atoms with van der Waals surface area (Å²) in [5, 5.41) is 0. The van der Waals surface area contributed by atoms with Crippen LogP contribution in [0.2, 0.25) is 0 Å². The van der Waals surface area contributed by atoms with Crippen molar-refractivity contribution >= 4 is 15.9 Å². The molecule has 0 bridgehead atoms. The lowest BCUT2D eigenvalue weighted by Crippen LogP contribution is -1.86. The third-order valence-electron chi connectivity index (χ3n) is 3.05. The molecule has 0 unspecified atom stereocenters. The molecule has 0 saturated heterocycles. The van der Waals surface area contributed by atoms with Crippen LogP contribution in [0.15, 0.2) is 53.0 Å². The highest BCUT2D eigenvalue weighted by Gasteiger charge is 1.98. The molecule has 20 heavy (non-hydrogen) atoms. The summed E-state index contributed by atoms with van der Waals surface area (Å²) in [5.74, 6) is 0.898. The molecule has 2 heteroatoms. The van der Waals surface area contributed by atoms with E-state index in [9.17, 15) is 4.39 Å². The first-order valence-electron chi connectivity index (χ1n) is 6.91. The first-order valence-corrected chi connectivity index (χ1v) is 7.70. The maximum atomic E-state index is 12.5. The summed E-state index contributed by atoms with van der Waals surface area (Å²) in [6, 6.07) is 15.2. The van der Waals surface area contributed by atoms with Crippen LogP contribution < -0.4 is 0 Å². The molecule has 0 aliphatic carbocycles. The van der Waals surface area contributed by atoms with Gasteiger partial charge in [0.2, 0.25) is 0 Å². The van der Waals surface area contributed by atoms with Crippen LogP contribution in [-0.2, 0) is 0 Å². The Hall–Kier alpha value is -1.15. The van der Waals surface area contributed by atoms with E-state index >= 15 is 0 Å². The van der Waals surface area contributed by atoms with Crippen LogP contribution >= 0.6 is 15.9 Å². The largest absolute Gasteiger partial charge is 0.207 e. The van der Waals surface area contributed by atoms with E-state index in [1.54, 1.807) is 12.1 Å². The van der Waals surface area contributed by atoms with Crippen molar-refractivity contribution in [3.63, 3.8) is 0 Å². The molecule has 0 aliphatic heterocycles. The fraction of sp³-hybridized carbons (Fsp3) is 0.333. The van der Waals surface area contributed by atoms with Crippen LogP contribution in [0.1, 0.15) is 50.7 Å². The van der Waals surface area contributed by atoms with E-state index in [1.807, 2.05) is 6.07 Å². The van der Waals surface area contributed by atoms with Gasteiger partial charge in [-0.05, 0) is 47.2 Å². The molecule has 0 spiro atoms. The zero-order chi connectivity index (χ0) is 15.1. The summed E-state index contributed by atoms with van der Waals surface area (Å²) in [5.41, 5.74) is 2.45. The smallest absolute Gasteiger partial charge is 0.123 e. The minimum atomic E-state index is -0.147. The second kappa shape index (κ2) is 8.21. The molecule has 2 rings (SSSR count). The molecule has 108 valence electrons. The van der Waals surface area contributed by atoms with Crippen molar-refractivity contribution in [2.75, 3.05) is 0 Å². The second-order valence-electron chi connectivity index (χ2n) is 5.42. The van der Waals surface area contributed by atoms with Crippen LogP contribution in [0, 0.1) is 5.82 Å². The van der Waals surface area contributed by atoms with E-state index in [1.165, 1.54) is 11.6 Å². The lowest BCUT2D eigenvalue weighted by molar-refractivity contribution is 0.623. The van der Waals surface area contributed by atoms with Crippen LogP contribution in [0.5, 0.6) is 0 Å². The topological polar surface area (TPSA) is 0 Å². The van der Waals surface area contributed by atoms with Crippen LogP contribution in [0.25, 0.3) is 0 Å². The summed E-state index contributed by atoms with van der Waals surface area (Å²) in [6.45, 7) is 8.50. The van der Waals surface area contributed by atoms with Crippen LogP contribution in [0.4, 0.5) is 4.39 Å². The van der Waals surface area contributed by atoms with Gasteiger partial charge in [-0.25, -0.2) is 4.39 Å². The number of rotatable bonds is 2. The van der Waals surface area contributed by atoms with Crippen LogP contribution in [-0.4, -0.2) is 0 Å². The van der Waals surface area contributed by atoms with E-state index < -0.39 is 0 Å². The number of hydrogen-bond donors (Lipinski definition) is 0. The van der Waals surface area contributed by atoms with Gasteiger partial charge in [-0.1, -0.05) is 67.9 Å². The second-order valence-corrected chi connectivity index (χ2v) is 6.33. The summed E-state index contributed by atoms with van der Waals surface area (Å²) in [4.78, 5) is 0. The van der Waals surface area contributed by atoms with Crippen molar-refractivity contribution in [1.82, 2.24) is 0 Å². The average Bonchev–Trinajstić information content (AvgIpc) is 2.40. The Labute approximate surface area is 130 Å². The molecule has 0 atom stereocenters. The molecule has 0 aliphatic rings. The van der Waals surface area contributed by atoms with Gasteiger partial charge in [-0.2, -0.15) is 0 Å². The fourth-order valence-corrected chi connectivity index (χ4v) is 1.98. The monoisotopic (exact) mass is 336 g/mol. The molecular weight excluding hydrogens is 315 g/mol. The molecule has 0 N–H and O–H groups in total. The summed E-state index contributed by atoms with van der Waals surface area (Å²) >= 11 is 3.39. The van der Waals surface area contributed by atoms with Gasteiger partial charge in [0.25, 0.3) is 0 Å². The van der Waals surface area contributed by atoms with Gasteiger partial charge in [-0.3, -0.25) is 0 Å². The zero-order valence-electron chi connectivity index (χ0n) is 12.5. The Kier molecular flexibility index (Phi) is 6.94. The Morgan fingerprint density at radius 1 is 0.800 bits per heavy atom. The first-order chi connectivity index (χ1) is 9.40. The first kappa shape index (κ1) is 16.9. The van der Waals surface area contributed by atoms with E-state index in [0.29, 0.717) is 11.8 Å².